The molecule has 0 saturated heterocycles. The molecule has 5 heteroatoms. The predicted molar refractivity (Wildman–Crippen MR) is 82.5 cm³/mol. The molecule has 2 aromatic heterocycles. The maximum Gasteiger partial charge on any atom is 0.170 e. The second-order valence-electron chi connectivity index (χ2n) is 5.04. The lowest BCUT2D eigenvalue weighted by molar-refractivity contribution is 0.318. The first kappa shape index (κ1) is 13.2. The van der Waals surface area contributed by atoms with Crippen molar-refractivity contribution in [3.63, 3.8) is 0 Å². The van der Waals surface area contributed by atoms with E-state index < -0.39 is 0 Å². The van der Waals surface area contributed by atoms with Gasteiger partial charge in [-0.05, 0) is 30.2 Å². The molecule has 0 aliphatic rings. The molecule has 3 aromatic rings. The lowest BCUT2D eigenvalue weighted by Gasteiger charge is -2.07. The highest BCUT2D eigenvalue weighted by atomic mass is 16.4. The van der Waals surface area contributed by atoms with Crippen LogP contribution in [0, 0.1) is 6.92 Å². The average molecular weight is 280 g/mol. The van der Waals surface area contributed by atoms with Crippen LogP contribution in [0.15, 0.2) is 54.1 Å². The van der Waals surface area contributed by atoms with E-state index in [4.69, 9.17) is 10.9 Å². The van der Waals surface area contributed by atoms with E-state index in [9.17, 15) is 0 Å². The number of pyridine rings is 1. The Morgan fingerprint density at radius 1 is 1.33 bits per heavy atom. The zero-order valence-corrected chi connectivity index (χ0v) is 11.7. The Bertz CT molecular complexity index is 820. The van der Waals surface area contributed by atoms with Crippen molar-refractivity contribution in [2.45, 2.75) is 13.5 Å². The maximum atomic E-state index is 8.87. The van der Waals surface area contributed by atoms with Crippen molar-refractivity contribution in [3.8, 4) is 0 Å². The molecule has 0 bridgehead atoms. The number of benzene rings is 1. The molecule has 0 unspecified atom stereocenters. The van der Waals surface area contributed by atoms with Gasteiger partial charge in [0.25, 0.3) is 0 Å². The zero-order valence-electron chi connectivity index (χ0n) is 11.7. The Kier molecular flexibility index (Phi) is 3.31. The minimum atomic E-state index is 0.121. The third-order valence-corrected chi connectivity index (χ3v) is 3.48. The molecule has 2 heterocycles. The molecular weight excluding hydrogens is 264 g/mol. The summed E-state index contributed by atoms with van der Waals surface area (Å²) in [4.78, 5) is 4.22. The van der Waals surface area contributed by atoms with E-state index in [1.165, 1.54) is 0 Å². The van der Waals surface area contributed by atoms with Crippen molar-refractivity contribution in [2.75, 3.05) is 0 Å². The highest BCUT2D eigenvalue weighted by Gasteiger charge is 2.09. The molecule has 3 rings (SSSR count). The van der Waals surface area contributed by atoms with Crippen LogP contribution < -0.4 is 5.73 Å². The van der Waals surface area contributed by atoms with Crippen molar-refractivity contribution < 1.29 is 5.21 Å². The smallest absolute Gasteiger partial charge is 0.170 e. The Balaban J connectivity index is 2.05. The number of amidine groups is 1. The first-order valence-electron chi connectivity index (χ1n) is 6.65. The monoisotopic (exact) mass is 280 g/mol. The van der Waals surface area contributed by atoms with Crippen LogP contribution in [0.5, 0.6) is 0 Å². The fourth-order valence-electron chi connectivity index (χ4n) is 2.54. The molecule has 0 amide bonds. The normalized spacial score (nSPS) is 12.0. The standard InChI is InChI=1S/C16H16N4O/c1-11-7-12(9-18-8-11)10-20-6-5-13-14(16(17)19-21)3-2-4-15(13)20/h2-9,21H,10H2,1H3,(H2,17,19). The van der Waals surface area contributed by atoms with Crippen molar-refractivity contribution in [2.24, 2.45) is 10.9 Å². The summed E-state index contributed by atoms with van der Waals surface area (Å²) < 4.78 is 2.12. The molecule has 0 saturated carbocycles. The van der Waals surface area contributed by atoms with Gasteiger partial charge in [0.1, 0.15) is 0 Å². The van der Waals surface area contributed by atoms with Gasteiger partial charge in [0.05, 0.1) is 0 Å². The van der Waals surface area contributed by atoms with Crippen molar-refractivity contribution >= 4 is 16.7 Å². The number of oxime groups is 1. The quantitative estimate of drug-likeness (QED) is 0.335. The highest BCUT2D eigenvalue weighted by molar-refractivity contribution is 6.08. The van der Waals surface area contributed by atoms with E-state index in [0.29, 0.717) is 0 Å². The van der Waals surface area contributed by atoms with Crippen molar-refractivity contribution in [1.82, 2.24) is 9.55 Å². The van der Waals surface area contributed by atoms with E-state index in [-0.39, 0.29) is 5.84 Å². The summed E-state index contributed by atoms with van der Waals surface area (Å²) in [6.45, 7) is 2.76. The van der Waals surface area contributed by atoms with Crippen LogP contribution in [-0.4, -0.2) is 20.6 Å². The summed E-state index contributed by atoms with van der Waals surface area (Å²) in [7, 11) is 0. The third kappa shape index (κ3) is 2.45. The number of rotatable bonds is 3. The van der Waals surface area contributed by atoms with Gasteiger partial charge in [0, 0.05) is 41.6 Å². The molecule has 106 valence electrons. The Hall–Kier alpha value is -2.82. The van der Waals surface area contributed by atoms with E-state index in [1.807, 2.05) is 49.8 Å². The molecule has 1 aromatic carbocycles. The Labute approximate surface area is 122 Å². The van der Waals surface area contributed by atoms with Crippen LogP contribution in [0.2, 0.25) is 0 Å². The minimum absolute atomic E-state index is 0.121. The van der Waals surface area contributed by atoms with E-state index in [1.54, 1.807) is 0 Å². The fraction of sp³-hybridized carbons (Fsp3) is 0.125. The van der Waals surface area contributed by atoms with Crippen molar-refractivity contribution in [1.29, 1.82) is 0 Å². The Morgan fingerprint density at radius 3 is 2.95 bits per heavy atom. The zero-order chi connectivity index (χ0) is 14.8. The fourth-order valence-corrected chi connectivity index (χ4v) is 2.54. The van der Waals surface area contributed by atoms with Gasteiger partial charge in [-0.25, -0.2) is 0 Å². The first-order chi connectivity index (χ1) is 10.2. The molecule has 0 radical (unpaired) electrons. The number of aromatic nitrogens is 2. The topological polar surface area (TPSA) is 76.4 Å². The lowest BCUT2D eigenvalue weighted by atomic mass is 10.1. The number of hydrogen-bond acceptors (Lipinski definition) is 3. The van der Waals surface area contributed by atoms with Gasteiger partial charge in [0.15, 0.2) is 5.84 Å². The van der Waals surface area contributed by atoms with Gasteiger partial charge in [0.2, 0.25) is 0 Å². The van der Waals surface area contributed by atoms with Gasteiger partial charge in [-0.15, -0.1) is 0 Å². The SMILES string of the molecule is Cc1cncc(Cn2ccc3c(/C(N)=N/O)cccc32)c1. The summed E-state index contributed by atoms with van der Waals surface area (Å²) in [5, 5.41) is 12.9. The molecular formula is C16H16N4O. The molecule has 0 atom stereocenters. The van der Waals surface area contributed by atoms with Crippen LogP contribution in [0.25, 0.3) is 10.9 Å². The van der Waals surface area contributed by atoms with E-state index >= 15 is 0 Å². The molecule has 21 heavy (non-hydrogen) atoms. The summed E-state index contributed by atoms with van der Waals surface area (Å²) in [5.74, 6) is 0.121. The second-order valence-corrected chi connectivity index (χ2v) is 5.04. The number of aryl methyl sites for hydroxylation is 1. The summed E-state index contributed by atoms with van der Waals surface area (Å²) in [5.41, 5.74) is 9.78. The van der Waals surface area contributed by atoms with Crippen LogP contribution in [0.4, 0.5) is 0 Å². The average Bonchev–Trinajstić information content (AvgIpc) is 2.90. The summed E-state index contributed by atoms with van der Waals surface area (Å²) in [6.07, 6.45) is 5.71. The van der Waals surface area contributed by atoms with Gasteiger partial charge in [-0.1, -0.05) is 23.4 Å². The second kappa shape index (κ2) is 5.28. The Morgan fingerprint density at radius 2 is 2.19 bits per heavy atom. The van der Waals surface area contributed by atoms with Crippen LogP contribution in [0.3, 0.4) is 0 Å². The summed E-state index contributed by atoms with van der Waals surface area (Å²) in [6, 6.07) is 9.86. The largest absolute Gasteiger partial charge is 0.409 e. The third-order valence-electron chi connectivity index (χ3n) is 3.48. The molecule has 3 N–H and O–H groups in total. The molecule has 5 nitrogen and oxygen atoms in total. The highest BCUT2D eigenvalue weighted by Crippen LogP contribution is 2.21. The number of nitrogens with two attached hydrogens (primary N) is 1. The number of hydrogen-bond donors (Lipinski definition) is 2. The molecule has 0 aliphatic carbocycles. The maximum absolute atomic E-state index is 8.87. The van der Waals surface area contributed by atoms with E-state index in [2.05, 4.69) is 20.8 Å². The first-order valence-corrected chi connectivity index (χ1v) is 6.65. The van der Waals surface area contributed by atoms with Gasteiger partial charge in [-0.2, -0.15) is 0 Å². The molecule has 0 fully saturated rings. The number of fused-ring (bicyclic) bond motifs is 1. The van der Waals surface area contributed by atoms with Gasteiger partial charge < -0.3 is 15.5 Å². The van der Waals surface area contributed by atoms with Gasteiger partial charge >= 0.3 is 0 Å². The van der Waals surface area contributed by atoms with Crippen molar-refractivity contribution in [3.05, 3.63) is 65.6 Å². The van der Waals surface area contributed by atoms with Crippen LogP contribution in [0.1, 0.15) is 16.7 Å². The molecule has 0 spiro atoms. The number of nitrogens with zero attached hydrogens (tertiary/aromatic N) is 3. The summed E-state index contributed by atoms with van der Waals surface area (Å²) >= 11 is 0. The minimum Gasteiger partial charge on any atom is -0.409 e. The lowest BCUT2D eigenvalue weighted by Crippen LogP contribution is -2.13. The molecule has 0 aliphatic heterocycles. The van der Waals surface area contributed by atoms with E-state index in [0.717, 1.165) is 34.1 Å². The van der Waals surface area contributed by atoms with Gasteiger partial charge in [-0.3, -0.25) is 4.98 Å². The van der Waals surface area contributed by atoms with Crippen LogP contribution in [-0.2, 0) is 6.54 Å². The predicted octanol–water partition coefficient (Wildman–Crippen LogP) is 2.49. The van der Waals surface area contributed by atoms with Crippen LogP contribution >= 0.6 is 0 Å².